The van der Waals surface area contributed by atoms with E-state index in [4.69, 9.17) is 9.15 Å². The topological polar surface area (TPSA) is 69.3 Å². The zero-order valence-electron chi connectivity index (χ0n) is 14.2. The van der Waals surface area contributed by atoms with Gasteiger partial charge in [-0.25, -0.2) is 4.68 Å². The van der Waals surface area contributed by atoms with Crippen LogP contribution >= 0.6 is 0 Å². The molecule has 4 rings (SSSR count). The fraction of sp³-hybridized carbons (Fsp3) is 0.368. The average molecular weight is 339 g/mol. The Morgan fingerprint density at radius 3 is 3.00 bits per heavy atom. The molecule has 0 saturated heterocycles. The summed E-state index contributed by atoms with van der Waals surface area (Å²) in [5.74, 6) is 1.43. The van der Waals surface area contributed by atoms with Crippen molar-refractivity contribution in [3.8, 4) is 5.75 Å². The third-order valence-corrected chi connectivity index (χ3v) is 4.82. The Hall–Kier alpha value is -2.76. The van der Waals surface area contributed by atoms with Crippen molar-refractivity contribution in [3.05, 3.63) is 42.3 Å². The molecule has 2 aromatic heterocycles. The Morgan fingerprint density at radius 2 is 2.20 bits per heavy atom. The lowest BCUT2D eigenvalue weighted by atomic mass is 10.1. The van der Waals surface area contributed by atoms with Gasteiger partial charge in [-0.1, -0.05) is 12.8 Å². The normalized spacial score (nSPS) is 14.9. The summed E-state index contributed by atoms with van der Waals surface area (Å²) in [6, 6.07) is 7.87. The van der Waals surface area contributed by atoms with Crippen LogP contribution in [0.2, 0.25) is 0 Å². The fourth-order valence-electron chi connectivity index (χ4n) is 3.54. The van der Waals surface area contributed by atoms with Gasteiger partial charge in [-0.2, -0.15) is 5.10 Å². The van der Waals surface area contributed by atoms with Gasteiger partial charge in [0.15, 0.2) is 0 Å². The van der Waals surface area contributed by atoms with Crippen LogP contribution in [0.15, 0.2) is 41.1 Å². The summed E-state index contributed by atoms with van der Waals surface area (Å²) < 4.78 is 12.7. The summed E-state index contributed by atoms with van der Waals surface area (Å²) in [5.41, 5.74) is 1.58. The first-order valence-corrected chi connectivity index (χ1v) is 8.62. The molecule has 2 heterocycles. The zero-order chi connectivity index (χ0) is 17.2. The second-order valence-corrected chi connectivity index (χ2v) is 6.45. The highest BCUT2D eigenvalue weighted by molar-refractivity contribution is 5.95. The predicted molar refractivity (Wildman–Crippen MR) is 94.8 cm³/mol. The molecule has 1 aromatic carbocycles. The minimum absolute atomic E-state index is 0.0711. The number of nitrogens with one attached hydrogen (secondary N) is 1. The second-order valence-electron chi connectivity index (χ2n) is 6.45. The first kappa shape index (κ1) is 15.7. The van der Waals surface area contributed by atoms with E-state index in [1.165, 1.54) is 12.8 Å². The van der Waals surface area contributed by atoms with Crippen LogP contribution in [0.5, 0.6) is 5.75 Å². The highest BCUT2D eigenvalue weighted by Gasteiger charge is 2.21. The van der Waals surface area contributed by atoms with Crippen LogP contribution in [0.25, 0.3) is 11.0 Å². The van der Waals surface area contributed by atoms with Crippen LogP contribution in [-0.4, -0.2) is 22.8 Å². The lowest BCUT2D eigenvalue weighted by Gasteiger charge is -2.14. The molecule has 0 spiro atoms. The maximum Gasteiger partial charge on any atom is 0.230 e. The summed E-state index contributed by atoms with van der Waals surface area (Å²) in [4.78, 5) is 12.5. The van der Waals surface area contributed by atoms with Gasteiger partial charge in [0.1, 0.15) is 17.2 Å². The molecule has 0 unspecified atom stereocenters. The van der Waals surface area contributed by atoms with E-state index in [1.807, 2.05) is 28.9 Å². The van der Waals surface area contributed by atoms with Crippen molar-refractivity contribution < 1.29 is 13.9 Å². The Balaban J connectivity index is 1.49. The highest BCUT2D eigenvalue weighted by atomic mass is 16.5. The second kappa shape index (κ2) is 6.63. The van der Waals surface area contributed by atoms with Crippen molar-refractivity contribution in [2.45, 2.75) is 38.1 Å². The molecule has 1 aliphatic carbocycles. The van der Waals surface area contributed by atoms with Gasteiger partial charge in [0.25, 0.3) is 0 Å². The first-order chi connectivity index (χ1) is 12.2. The van der Waals surface area contributed by atoms with Crippen molar-refractivity contribution in [2.75, 3.05) is 12.4 Å². The van der Waals surface area contributed by atoms with Gasteiger partial charge >= 0.3 is 0 Å². The number of furan rings is 1. The predicted octanol–water partition coefficient (Wildman–Crippen LogP) is 3.93. The summed E-state index contributed by atoms with van der Waals surface area (Å²) in [6.45, 7) is 0. The third-order valence-electron chi connectivity index (χ3n) is 4.82. The van der Waals surface area contributed by atoms with E-state index in [-0.39, 0.29) is 12.3 Å². The molecule has 1 saturated carbocycles. The number of rotatable bonds is 5. The van der Waals surface area contributed by atoms with Crippen molar-refractivity contribution in [2.24, 2.45) is 0 Å². The SMILES string of the molecule is COc1ccc2c(CC(=O)Nc3ccnn3C3CCCC3)coc2c1. The number of benzene rings is 1. The number of carbonyl (C=O) groups excluding carboxylic acids is 1. The summed E-state index contributed by atoms with van der Waals surface area (Å²) in [6.07, 6.45) is 8.34. The average Bonchev–Trinajstić information content (AvgIpc) is 3.35. The number of hydrogen-bond donors (Lipinski definition) is 1. The molecule has 0 radical (unpaired) electrons. The van der Waals surface area contributed by atoms with Gasteiger partial charge in [0.05, 0.1) is 32.0 Å². The van der Waals surface area contributed by atoms with Crippen LogP contribution < -0.4 is 10.1 Å². The molecule has 6 nitrogen and oxygen atoms in total. The van der Waals surface area contributed by atoms with Crippen LogP contribution in [0.3, 0.4) is 0 Å². The minimum atomic E-state index is -0.0711. The molecule has 1 fully saturated rings. The van der Waals surface area contributed by atoms with E-state index in [2.05, 4.69) is 10.4 Å². The van der Waals surface area contributed by atoms with E-state index in [0.29, 0.717) is 6.04 Å². The van der Waals surface area contributed by atoms with Crippen molar-refractivity contribution >= 4 is 22.7 Å². The van der Waals surface area contributed by atoms with E-state index in [1.54, 1.807) is 19.6 Å². The molecule has 130 valence electrons. The minimum Gasteiger partial charge on any atom is -0.497 e. The zero-order valence-corrected chi connectivity index (χ0v) is 14.2. The number of anilines is 1. The largest absolute Gasteiger partial charge is 0.497 e. The Labute approximate surface area is 145 Å². The molecule has 0 bridgehead atoms. The van der Waals surface area contributed by atoms with Gasteiger partial charge in [-0.05, 0) is 25.0 Å². The van der Waals surface area contributed by atoms with Crippen LogP contribution in [-0.2, 0) is 11.2 Å². The molecule has 1 aliphatic rings. The quantitative estimate of drug-likeness (QED) is 0.764. The summed E-state index contributed by atoms with van der Waals surface area (Å²) in [5, 5.41) is 8.31. The lowest BCUT2D eigenvalue weighted by Crippen LogP contribution is -2.19. The number of carbonyl (C=O) groups is 1. The van der Waals surface area contributed by atoms with E-state index in [0.717, 1.165) is 40.9 Å². The molecule has 3 aromatic rings. The Morgan fingerprint density at radius 1 is 1.36 bits per heavy atom. The number of aromatic nitrogens is 2. The highest BCUT2D eigenvalue weighted by Crippen LogP contribution is 2.31. The number of fused-ring (bicyclic) bond motifs is 1. The lowest BCUT2D eigenvalue weighted by molar-refractivity contribution is -0.115. The van der Waals surface area contributed by atoms with Gasteiger partial charge in [0.2, 0.25) is 5.91 Å². The molecule has 1 amide bonds. The van der Waals surface area contributed by atoms with E-state index >= 15 is 0 Å². The fourth-order valence-corrected chi connectivity index (χ4v) is 3.54. The summed E-state index contributed by atoms with van der Waals surface area (Å²) in [7, 11) is 1.62. The third kappa shape index (κ3) is 3.12. The Bertz CT molecular complexity index is 890. The number of hydrogen-bond acceptors (Lipinski definition) is 4. The molecule has 1 N–H and O–H groups in total. The Kier molecular flexibility index (Phi) is 4.17. The van der Waals surface area contributed by atoms with Gasteiger partial charge in [-0.3, -0.25) is 4.79 Å². The van der Waals surface area contributed by atoms with Gasteiger partial charge in [-0.15, -0.1) is 0 Å². The summed E-state index contributed by atoms with van der Waals surface area (Å²) >= 11 is 0. The van der Waals surface area contributed by atoms with Crippen LogP contribution in [0.1, 0.15) is 37.3 Å². The first-order valence-electron chi connectivity index (χ1n) is 8.62. The van der Waals surface area contributed by atoms with Crippen molar-refractivity contribution in [3.63, 3.8) is 0 Å². The molecular formula is C19H21N3O3. The van der Waals surface area contributed by atoms with Crippen molar-refractivity contribution in [1.29, 1.82) is 0 Å². The van der Waals surface area contributed by atoms with Gasteiger partial charge < -0.3 is 14.5 Å². The molecule has 25 heavy (non-hydrogen) atoms. The van der Waals surface area contributed by atoms with Crippen LogP contribution in [0, 0.1) is 0 Å². The number of amides is 1. The van der Waals surface area contributed by atoms with Gasteiger partial charge in [0, 0.05) is 23.1 Å². The maximum atomic E-state index is 12.5. The molecule has 0 aliphatic heterocycles. The number of methoxy groups -OCH3 is 1. The van der Waals surface area contributed by atoms with E-state index < -0.39 is 0 Å². The molecular weight excluding hydrogens is 318 g/mol. The number of ether oxygens (including phenoxy) is 1. The molecule has 0 atom stereocenters. The smallest absolute Gasteiger partial charge is 0.230 e. The monoisotopic (exact) mass is 339 g/mol. The molecule has 6 heteroatoms. The number of nitrogens with zero attached hydrogens (tertiary/aromatic N) is 2. The van der Waals surface area contributed by atoms with Crippen LogP contribution in [0.4, 0.5) is 5.82 Å². The van der Waals surface area contributed by atoms with Crippen molar-refractivity contribution in [1.82, 2.24) is 9.78 Å². The van der Waals surface area contributed by atoms with E-state index in [9.17, 15) is 4.79 Å². The maximum absolute atomic E-state index is 12.5. The standard InChI is InChI=1S/C19H21N3O3/c1-24-15-6-7-16-13(12-25-17(16)11-15)10-19(23)21-18-8-9-20-22(18)14-4-2-3-5-14/h6-9,11-12,14H,2-5,10H2,1H3,(H,21,23).